The van der Waals surface area contributed by atoms with E-state index in [1.807, 2.05) is 48.0 Å². The first kappa shape index (κ1) is 15.8. The Bertz CT molecular complexity index is 863. The molecule has 0 aliphatic carbocycles. The molecule has 0 spiro atoms. The van der Waals surface area contributed by atoms with E-state index in [0.29, 0.717) is 13.0 Å². The van der Waals surface area contributed by atoms with Crippen LogP contribution in [0.4, 0.5) is 0 Å². The van der Waals surface area contributed by atoms with Crippen LogP contribution in [0.3, 0.4) is 0 Å². The van der Waals surface area contributed by atoms with Crippen LogP contribution < -0.4 is 10.9 Å². The number of amides is 1. The zero-order valence-electron chi connectivity index (χ0n) is 13.2. The highest BCUT2D eigenvalue weighted by molar-refractivity contribution is 5.91. The van der Waals surface area contributed by atoms with E-state index < -0.39 is 11.5 Å². The van der Waals surface area contributed by atoms with Gasteiger partial charge in [0.2, 0.25) is 5.76 Å². The van der Waals surface area contributed by atoms with Crippen molar-refractivity contribution in [3.05, 3.63) is 76.3 Å². The summed E-state index contributed by atoms with van der Waals surface area (Å²) in [5.74, 6) is 0.467. The number of imidazole rings is 1. The van der Waals surface area contributed by atoms with Crippen molar-refractivity contribution in [2.45, 2.75) is 25.9 Å². The lowest BCUT2D eigenvalue weighted by molar-refractivity contribution is 0.0896. The van der Waals surface area contributed by atoms with E-state index in [0.717, 1.165) is 17.5 Å². The first-order valence-corrected chi connectivity index (χ1v) is 7.65. The van der Waals surface area contributed by atoms with Crippen molar-refractivity contribution in [3.8, 4) is 0 Å². The maximum absolute atomic E-state index is 12.3. The van der Waals surface area contributed by atoms with E-state index in [1.165, 1.54) is 0 Å². The molecule has 3 rings (SSSR count). The second kappa shape index (κ2) is 6.99. The van der Waals surface area contributed by atoms with Gasteiger partial charge in [-0.1, -0.05) is 30.3 Å². The summed E-state index contributed by atoms with van der Waals surface area (Å²) in [5, 5.41) is 5.04. The average Bonchev–Trinajstić information content (AvgIpc) is 3.20. The van der Waals surface area contributed by atoms with Crippen LogP contribution in [0.1, 0.15) is 34.4 Å². The number of hydrogen-bond acceptors (Lipinski definition) is 4. The number of rotatable bonds is 6. The molecular formula is C17H18N4O3. The fraction of sp³-hybridized carbons (Fsp3) is 0.235. The molecule has 124 valence electrons. The van der Waals surface area contributed by atoms with Crippen LogP contribution in [0.25, 0.3) is 0 Å². The number of nitrogens with one attached hydrogen (secondary N) is 2. The molecule has 1 aromatic carbocycles. The highest BCUT2D eigenvalue weighted by atomic mass is 16.5. The summed E-state index contributed by atoms with van der Waals surface area (Å²) in [4.78, 5) is 27.6. The molecule has 7 heteroatoms. The van der Waals surface area contributed by atoms with Gasteiger partial charge in [0.25, 0.3) is 11.5 Å². The first-order chi connectivity index (χ1) is 11.6. The lowest BCUT2D eigenvalue weighted by atomic mass is 10.0. The Morgan fingerprint density at radius 3 is 2.79 bits per heavy atom. The quantitative estimate of drug-likeness (QED) is 0.725. The van der Waals surface area contributed by atoms with Gasteiger partial charge in [0.15, 0.2) is 0 Å². The van der Waals surface area contributed by atoms with Crippen molar-refractivity contribution >= 4 is 5.91 Å². The predicted molar refractivity (Wildman–Crippen MR) is 87.6 cm³/mol. The summed E-state index contributed by atoms with van der Waals surface area (Å²) in [7, 11) is 0. The summed E-state index contributed by atoms with van der Waals surface area (Å²) in [6.07, 6.45) is 4.34. The van der Waals surface area contributed by atoms with Gasteiger partial charge in [-0.15, -0.1) is 0 Å². The smallest absolute Gasteiger partial charge is 0.290 e. The summed E-state index contributed by atoms with van der Waals surface area (Å²) in [6.45, 7) is 2.65. The van der Waals surface area contributed by atoms with E-state index in [4.69, 9.17) is 4.52 Å². The first-order valence-electron chi connectivity index (χ1n) is 7.65. The number of nitrogens with zero attached hydrogens (tertiary/aromatic N) is 2. The molecule has 0 unspecified atom stereocenters. The normalized spacial score (nSPS) is 12.0. The molecule has 1 atom stereocenters. The third kappa shape index (κ3) is 3.62. The molecule has 0 aliphatic heterocycles. The number of benzene rings is 1. The van der Waals surface area contributed by atoms with E-state index >= 15 is 0 Å². The van der Waals surface area contributed by atoms with Crippen molar-refractivity contribution < 1.29 is 9.32 Å². The number of carbonyl (C=O) groups excluding carboxylic acids is 1. The third-order valence-corrected chi connectivity index (χ3v) is 3.84. The Morgan fingerprint density at radius 1 is 1.38 bits per heavy atom. The zero-order chi connectivity index (χ0) is 16.9. The SMILES string of the molecule is Cc1nccn1CC[C@H](NC(=O)c1cc(=O)[nH]o1)c1ccccc1. The summed E-state index contributed by atoms with van der Waals surface area (Å²) < 4.78 is 6.89. The predicted octanol–water partition coefficient (Wildman–Crippen LogP) is 2.03. The molecule has 0 radical (unpaired) electrons. The largest absolute Gasteiger partial charge is 0.373 e. The molecule has 0 fully saturated rings. The van der Waals surface area contributed by atoms with Crippen LogP contribution in [-0.2, 0) is 6.54 Å². The van der Waals surface area contributed by atoms with Crippen LogP contribution in [0, 0.1) is 6.92 Å². The molecule has 0 saturated heterocycles. The highest BCUT2D eigenvalue weighted by Gasteiger charge is 2.18. The number of aromatic amines is 1. The van der Waals surface area contributed by atoms with Gasteiger partial charge in [-0.05, 0) is 18.9 Å². The zero-order valence-corrected chi connectivity index (χ0v) is 13.2. The van der Waals surface area contributed by atoms with Crippen LogP contribution in [-0.4, -0.2) is 20.6 Å². The topological polar surface area (TPSA) is 92.9 Å². The molecule has 0 aliphatic rings. The number of hydrogen-bond donors (Lipinski definition) is 2. The summed E-state index contributed by atoms with van der Waals surface area (Å²) in [5.41, 5.74) is 0.548. The summed E-state index contributed by atoms with van der Waals surface area (Å²) >= 11 is 0. The van der Waals surface area contributed by atoms with Gasteiger partial charge >= 0.3 is 0 Å². The van der Waals surface area contributed by atoms with Gasteiger partial charge in [0.05, 0.1) is 12.1 Å². The minimum atomic E-state index is -0.439. The van der Waals surface area contributed by atoms with Crippen molar-refractivity contribution in [2.75, 3.05) is 0 Å². The van der Waals surface area contributed by atoms with Gasteiger partial charge in [-0.3, -0.25) is 9.59 Å². The number of carbonyl (C=O) groups is 1. The second-order valence-corrected chi connectivity index (χ2v) is 5.47. The van der Waals surface area contributed by atoms with Gasteiger partial charge in [-0.25, -0.2) is 4.98 Å². The standard InChI is InChI=1S/C17H18N4O3/c1-12-18-8-10-21(12)9-7-14(13-5-3-2-4-6-13)19-17(23)15-11-16(22)20-24-15/h2-6,8,10-11,14H,7,9H2,1H3,(H,19,23)(H,20,22)/t14-/m0/s1. The van der Waals surface area contributed by atoms with E-state index in [2.05, 4.69) is 15.5 Å². The van der Waals surface area contributed by atoms with Crippen LogP contribution in [0.15, 0.2) is 58.1 Å². The Balaban J connectivity index is 1.76. The van der Waals surface area contributed by atoms with Crippen LogP contribution in [0.2, 0.25) is 0 Å². The highest BCUT2D eigenvalue weighted by Crippen LogP contribution is 2.18. The van der Waals surface area contributed by atoms with Gasteiger partial charge in [0, 0.05) is 18.9 Å². The van der Waals surface area contributed by atoms with E-state index in [1.54, 1.807) is 6.20 Å². The van der Waals surface area contributed by atoms with Crippen molar-refractivity contribution in [1.82, 2.24) is 20.0 Å². The average molecular weight is 326 g/mol. The molecular weight excluding hydrogens is 308 g/mol. The van der Waals surface area contributed by atoms with Crippen molar-refractivity contribution in [1.29, 1.82) is 0 Å². The number of aromatic nitrogens is 3. The Hall–Kier alpha value is -3.09. The molecule has 7 nitrogen and oxygen atoms in total. The van der Waals surface area contributed by atoms with Gasteiger partial charge in [0.1, 0.15) is 5.82 Å². The molecule has 2 N–H and O–H groups in total. The lowest BCUT2D eigenvalue weighted by Gasteiger charge is -2.19. The maximum atomic E-state index is 12.3. The van der Waals surface area contributed by atoms with Gasteiger partial charge in [-0.2, -0.15) is 5.16 Å². The Labute approximate surface area is 138 Å². The third-order valence-electron chi connectivity index (χ3n) is 3.84. The van der Waals surface area contributed by atoms with E-state index in [9.17, 15) is 9.59 Å². The minimum absolute atomic E-state index is 0.0280. The second-order valence-electron chi connectivity index (χ2n) is 5.47. The monoisotopic (exact) mass is 326 g/mol. The van der Waals surface area contributed by atoms with E-state index in [-0.39, 0.29) is 11.8 Å². The number of H-pyrrole nitrogens is 1. The molecule has 2 aromatic heterocycles. The summed E-state index contributed by atoms with van der Waals surface area (Å²) in [6, 6.07) is 10.6. The van der Waals surface area contributed by atoms with Gasteiger partial charge < -0.3 is 14.4 Å². The fourth-order valence-corrected chi connectivity index (χ4v) is 2.54. The maximum Gasteiger partial charge on any atom is 0.290 e. The Morgan fingerprint density at radius 2 is 2.17 bits per heavy atom. The molecule has 2 heterocycles. The molecule has 3 aromatic rings. The fourth-order valence-electron chi connectivity index (χ4n) is 2.54. The molecule has 1 amide bonds. The van der Waals surface area contributed by atoms with Crippen LogP contribution in [0.5, 0.6) is 0 Å². The van der Waals surface area contributed by atoms with Crippen LogP contribution >= 0.6 is 0 Å². The molecule has 0 saturated carbocycles. The number of aryl methyl sites for hydroxylation is 2. The Kier molecular flexibility index (Phi) is 4.60. The minimum Gasteiger partial charge on any atom is -0.373 e. The molecule has 24 heavy (non-hydrogen) atoms. The van der Waals surface area contributed by atoms with Crippen molar-refractivity contribution in [2.24, 2.45) is 0 Å². The van der Waals surface area contributed by atoms with Crippen molar-refractivity contribution in [3.63, 3.8) is 0 Å². The lowest BCUT2D eigenvalue weighted by Crippen LogP contribution is -2.29. The molecule has 0 bridgehead atoms.